The Balaban J connectivity index is 1.40. The van der Waals surface area contributed by atoms with Gasteiger partial charge in [0.1, 0.15) is 6.17 Å². The van der Waals surface area contributed by atoms with Crippen molar-refractivity contribution in [2.45, 2.75) is 23.1 Å². The van der Waals surface area contributed by atoms with Crippen LogP contribution >= 0.6 is 11.9 Å². The summed E-state index contributed by atoms with van der Waals surface area (Å²) in [7, 11) is 3.35. The third kappa shape index (κ3) is 4.06. The van der Waals surface area contributed by atoms with Crippen LogP contribution in [0.1, 0.15) is 23.1 Å². The number of dihydropyridines is 1. The van der Waals surface area contributed by atoms with Crippen LogP contribution in [0.5, 0.6) is 11.5 Å². The van der Waals surface area contributed by atoms with Crippen LogP contribution in [0.25, 0.3) is 0 Å². The fraction of sp³-hybridized carbons (Fsp3) is 0.333. The topological polar surface area (TPSA) is 55.0 Å². The molecule has 2 saturated heterocycles. The first-order valence-electron chi connectivity index (χ1n) is 10.5. The zero-order valence-electron chi connectivity index (χ0n) is 17.7. The molecule has 2 aromatic carbocycles. The molecule has 2 aromatic rings. The van der Waals surface area contributed by atoms with Crippen LogP contribution in [-0.4, -0.2) is 44.5 Å². The number of hydrogen-bond acceptors (Lipinski definition) is 7. The Bertz CT molecular complexity index is 1000. The van der Waals surface area contributed by atoms with Crippen LogP contribution in [0, 0.1) is 0 Å². The van der Waals surface area contributed by atoms with Crippen LogP contribution in [0.2, 0.25) is 0 Å². The molecular formula is C24H27N3O3S. The lowest BCUT2D eigenvalue weighted by atomic mass is 9.91. The average molecular weight is 438 g/mol. The highest BCUT2D eigenvalue weighted by Crippen LogP contribution is 2.44. The minimum Gasteiger partial charge on any atom is -0.493 e. The summed E-state index contributed by atoms with van der Waals surface area (Å²) < 4.78 is 19.2. The van der Waals surface area contributed by atoms with Crippen LogP contribution in [0.4, 0.5) is 0 Å². The maximum Gasteiger partial charge on any atom is 0.161 e. The maximum atomic E-state index is 5.78. The van der Waals surface area contributed by atoms with Gasteiger partial charge < -0.3 is 19.5 Å². The first-order chi connectivity index (χ1) is 15.3. The molecule has 3 unspecified atom stereocenters. The monoisotopic (exact) mass is 437 g/mol. The lowest BCUT2D eigenvalue weighted by molar-refractivity contribution is 0.114. The largest absolute Gasteiger partial charge is 0.493 e. The number of ether oxygens (including phenoxy) is 3. The molecule has 7 heteroatoms. The predicted molar refractivity (Wildman–Crippen MR) is 122 cm³/mol. The Hall–Kier alpha value is -2.45. The van der Waals surface area contributed by atoms with Gasteiger partial charge in [0, 0.05) is 23.9 Å². The van der Waals surface area contributed by atoms with E-state index in [4.69, 9.17) is 14.2 Å². The van der Waals surface area contributed by atoms with Crippen molar-refractivity contribution in [3.8, 4) is 11.5 Å². The van der Waals surface area contributed by atoms with Crippen LogP contribution in [-0.2, 0) is 4.74 Å². The van der Waals surface area contributed by atoms with E-state index in [0.717, 1.165) is 24.6 Å². The van der Waals surface area contributed by atoms with Gasteiger partial charge in [-0.15, -0.1) is 0 Å². The summed E-state index contributed by atoms with van der Waals surface area (Å²) in [5.41, 5.74) is 3.81. The highest BCUT2D eigenvalue weighted by atomic mass is 32.2. The van der Waals surface area contributed by atoms with E-state index in [1.165, 1.54) is 21.6 Å². The lowest BCUT2D eigenvalue weighted by Crippen LogP contribution is -2.36. The quantitative estimate of drug-likeness (QED) is 0.667. The van der Waals surface area contributed by atoms with E-state index in [1.807, 2.05) is 12.3 Å². The minimum absolute atomic E-state index is 0.129. The third-order valence-electron chi connectivity index (χ3n) is 5.99. The van der Waals surface area contributed by atoms with Crippen molar-refractivity contribution in [3.05, 3.63) is 77.5 Å². The molecule has 0 aromatic heterocycles. The van der Waals surface area contributed by atoms with E-state index in [-0.39, 0.29) is 18.2 Å². The highest BCUT2D eigenvalue weighted by Gasteiger charge is 2.39. The second kappa shape index (κ2) is 8.96. The number of benzene rings is 2. The zero-order chi connectivity index (χ0) is 21.2. The van der Waals surface area contributed by atoms with Gasteiger partial charge in [0.2, 0.25) is 0 Å². The zero-order valence-corrected chi connectivity index (χ0v) is 18.5. The Morgan fingerprint density at radius 3 is 2.77 bits per heavy atom. The van der Waals surface area contributed by atoms with Crippen molar-refractivity contribution in [2.75, 3.05) is 34.0 Å². The van der Waals surface area contributed by atoms with Crippen molar-refractivity contribution in [3.63, 3.8) is 0 Å². The molecule has 5 rings (SSSR count). The van der Waals surface area contributed by atoms with Gasteiger partial charge in [-0.25, -0.2) is 4.31 Å². The standard InChI is InChI=1S/C24H27N3O3S/c1-28-21-9-8-16(12-22(21)29-2)20-14-27(24-19(20)7-4-10-26-24)31-18-6-3-5-17(11-18)23-13-25-15-30-23/h3-12,20,23-26H,13-15H2,1-2H3. The summed E-state index contributed by atoms with van der Waals surface area (Å²) in [6.45, 7) is 2.38. The molecule has 31 heavy (non-hydrogen) atoms. The Morgan fingerprint density at radius 1 is 1.06 bits per heavy atom. The van der Waals surface area contributed by atoms with Crippen LogP contribution in [0.3, 0.4) is 0 Å². The molecule has 2 N–H and O–H groups in total. The summed E-state index contributed by atoms with van der Waals surface area (Å²) in [5, 5.41) is 6.80. The van der Waals surface area contributed by atoms with E-state index in [0.29, 0.717) is 6.73 Å². The van der Waals surface area contributed by atoms with E-state index in [9.17, 15) is 0 Å². The fourth-order valence-electron chi connectivity index (χ4n) is 4.43. The van der Waals surface area contributed by atoms with Gasteiger partial charge in [0.05, 0.1) is 27.1 Å². The molecule has 3 atom stereocenters. The van der Waals surface area contributed by atoms with Crippen molar-refractivity contribution in [1.29, 1.82) is 0 Å². The molecule has 0 amide bonds. The lowest BCUT2D eigenvalue weighted by Gasteiger charge is -2.26. The SMILES string of the molecule is COc1ccc(C2CN(Sc3cccc(C4CNCO4)c3)C3NC=CC=C23)cc1OC. The first-order valence-corrected chi connectivity index (χ1v) is 11.3. The molecular weight excluding hydrogens is 410 g/mol. The van der Waals surface area contributed by atoms with Gasteiger partial charge in [-0.05, 0) is 65.2 Å². The van der Waals surface area contributed by atoms with E-state index in [1.54, 1.807) is 26.2 Å². The number of fused-ring (bicyclic) bond motifs is 1. The number of hydrogen-bond donors (Lipinski definition) is 2. The molecule has 0 radical (unpaired) electrons. The van der Waals surface area contributed by atoms with Crippen molar-refractivity contribution >= 4 is 11.9 Å². The summed E-state index contributed by atoms with van der Waals surface area (Å²) in [6, 6.07) is 14.9. The number of nitrogens with one attached hydrogen (secondary N) is 2. The van der Waals surface area contributed by atoms with Gasteiger partial charge in [-0.1, -0.05) is 24.3 Å². The third-order valence-corrected chi connectivity index (χ3v) is 7.05. The van der Waals surface area contributed by atoms with Gasteiger partial charge >= 0.3 is 0 Å². The number of allylic oxidation sites excluding steroid dienone is 2. The van der Waals surface area contributed by atoms with Gasteiger partial charge in [0.25, 0.3) is 0 Å². The molecule has 0 saturated carbocycles. The second-order valence-corrected chi connectivity index (χ2v) is 8.90. The smallest absolute Gasteiger partial charge is 0.161 e. The van der Waals surface area contributed by atoms with E-state index < -0.39 is 0 Å². The Labute approximate surface area is 187 Å². The number of methoxy groups -OCH3 is 2. The Kier molecular flexibility index (Phi) is 5.91. The normalized spacial score (nSPS) is 25.1. The molecule has 2 fully saturated rings. The molecule has 3 aliphatic rings. The fourth-order valence-corrected chi connectivity index (χ4v) is 5.54. The van der Waals surface area contributed by atoms with Crippen LogP contribution in [0.15, 0.2) is 71.3 Å². The van der Waals surface area contributed by atoms with E-state index in [2.05, 4.69) is 63.5 Å². The van der Waals surface area contributed by atoms with Crippen LogP contribution < -0.4 is 20.1 Å². The molecule has 0 aliphatic carbocycles. The molecule has 162 valence electrons. The highest BCUT2D eigenvalue weighted by molar-refractivity contribution is 7.97. The van der Waals surface area contributed by atoms with Gasteiger partial charge in [-0.3, -0.25) is 5.32 Å². The molecule has 3 aliphatic heterocycles. The summed E-state index contributed by atoms with van der Waals surface area (Å²) in [4.78, 5) is 1.22. The second-order valence-electron chi connectivity index (χ2n) is 7.78. The summed E-state index contributed by atoms with van der Waals surface area (Å²) in [5.74, 6) is 1.80. The molecule has 6 nitrogen and oxygen atoms in total. The molecule has 3 heterocycles. The van der Waals surface area contributed by atoms with Crippen molar-refractivity contribution in [2.24, 2.45) is 0 Å². The first kappa shape index (κ1) is 20.5. The van der Waals surface area contributed by atoms with Gasteiger partial charge in [-0.2, -0.15) is 0 Å². The van der Waals surface area contributed by atoms with Crippen molar-refractivity contribution < 1.29 is 14.2 Å². The minimum atomic E-state index is 0.129. The summed E-state index contributed by atoms with van der Waals surface area (Å²) in [6.07, 6.45) is 6.62. The Morgan fingerprint density at radius 2 is 1.97 bits per heavy atom. The number of nitrogens with zero attached hydrogens (tertiary/aromatic N) is 1. The molecule has 0 spiro atoms. The van der Waals surface area contributed by atoms with Gasteiger partial charge in [0.15, 0.2) is 11.5 Å². The number of rotatable bonds is 6. The van der Waals surface area contributed by atoms with Crippen molar-refractivity contribution in [1.82, 2.24) is 14.9 Å². The average Bonchev–Trinajstić information content (AvgIpc) is 3.48. The summed E-state index contributed by atoms with van der Waals surface area (Å²) >= 11 is 1.79. The van der Waals surface area contributed by atoms with E-state index >= 15 is 0 Å². The maximum absolute atomic E-state index is 5.78. The molecule has 0 bridgehead atoms. The predicted octanol–water partition coefficient (Wildman–Crippen LogP) is 3.80.